The Bertz CT molecular complexity index is 963. The number of halogens is 1. The number of aromatic nitrogens is 1. The molecule has 0 atom stereocenters. The van der Waals surface area contributed by atoms with Crippen molar-refractivity contribution in [2.24, 2.45) is 0 Å². The van der Waals surface area contributed by atoms with E-state index in [1.807, 2.05) is 38.1 Å². The number of rotatable bonds is 6. The van der Waals surface area contributed by atoms with Crippen LogP contribution in [0.3, 0.4) is 0 Å². The van der Waals surface area contributed by atoms with E-state index >= 15 is 0 Å². The van der Waals surface area contributed by atoms with Crippen LogP contribution in [0.4, 0.5) is 9.52 Å². The summed E-state index contributed by atoms with van der Waals surface area (Å²) in [6, 6.07) is 13.4. The number of anilines is 1. The van der Waals surface area contributed by atoms with Crippen molar-refractivity contribution in [3.05, 3.63) is 70.4 Å². The van der Waals surface area contributed by atoms with E-state index < -0.39 is 5.82 Å². The number of thiazole rings is 1. The van der Waals surface area contributed by atoms with Gasteiger partial charge in [0.25, 0.3) is 0 Å². The molecule has 3 aromatic rings. The highest BCUT2D eigenvalue weighted by molar-refractivity contribution is 7.16. The summed E-state index contributed by atoms with van der Waals surface area (Å²) in [6.07, 6.45) is 0.112. The minimum atomic E-state index is -0.396. The minimum Gasteiger partial charge on any atom is -0.302 e. The second kappa shape index (κ2) is 8.22. The topological polar surface area (TPSA) is 59.1 Å². The van der Waals surface area contributed by atoms with Gasteiger partial charge in [0.2, 0.25) is 5.91 Å². The van der Waals surface area contributed by atoms with Gasteiger partial charge in [-0.3, -0.25) is 9.59 Å². The van der Waals surface area contributed by atoms with Crippen molar-refractivity contribution < 1.29 is 14.0 Å². The summed E-state index contributed by atoms with van der Waals surface area (Å²) >= 11 is 1.40. The van der Waals surface area contributed by atoms with Crippen LogP contribution in [0.2, 0.25) is 0 Å². The van der Waals surface area contributed by atoms with Crippen LogP contribution in [-0.2, 0) is 4.79 Å². The maximum Gasteiger partial charge on any atom is 0.226 e. The summed E-state index contributed by atoms with van der Waals surface area (Å²) in [7, 11) is 0. The zero-order valence-corrected chi connectivity index (χ0v) is 15.9. The van der Waals surface area contributed by atoms with Gasteiger partial charge < -0.3 is 5.32 Å². The number of nitrogens with one attached hydrogen (secondary N) is 1. The Hall–Kier alpha value is -2.86. The summed E-state index contributed by atoms with van der Waals surface area (Å²) < 4.78 is 12.9. The van der Waals surface area contributed by atoms with Crippen LogP contribution in [0.1, 0.15) is 33.6 Å². The predicted octanol–water partition coefficient (Wildman–Crippen LogP) is 5.17. The Morgan fingerprint density at radius 3 is 2.33 bits per heavy atom. The van der Waals surface area contributed by atoms with Crippen molar-refractivity contribution in [1.82, 2.24) is 4.98 Å². The van der Waals surface area contributed by atoms with Gasteiger partial charge >= 0.3 is 0 Å². The van der Waals surface area contributed by atoms with Crippen LogP contribution >= 0.6 is 11.3 Å². The van der Waals surface area contributed by atoms with Crippen molar-refractivity contribution >= 4 is 28.2 Å². The van der Waals surface area contributed by atoms with Gasteiger partial charge in [0.1, 0.15) is 5.82 Å². The summed E-state index contributed by atoms with van der Waals surface area (Å²) in [5.41, 5.74) is 3.42. The average Bonchev–Trinajstić information content (AvgIpc) is 3.01. The van der Waals surface area contributed by atoms with Crippen molar-refractivity contribution in [2.75, 3.05) is 5.32 Å². The number of carbonyl (C=O) groups excluding carboxylic acids is 2. The number of aryl methyl sites for hydroxylation is 2. The van der Waals surface area contributed by atoms with Crippen LogP contribution in [0.5, 0.6) is 0 Å². The molecule has 3 rings (SSSR count). The van der Waals surface area contributed by atoms with E-state index in [1.165, 1.54) is 41.2 Å². The molecule has 0 spiro atoms. The molecule has 0 saturated carbocycles. The minimum absolute atomic E-state index is 0.0503. The first-order chi connectivity index (χ1) is 12.9. The van der Waals surface area contributed by atoms with E-state index in [9.17, 15) is 14.0 Å². The molecule has 1 N–H and O–H groups in total. The number of ketones is 1. The molecule has 0 aliphatic rings. The molecule has 6 heteroatoms. The van der Waals surface area contributed by atoms with Crippen LogP contribution in [-0.4, -0.2) is 16.7 Å². The first kappa shape index (κ1) is 18.9. The second-order valence-electron chi connectivity index (χ2n) is 6.27. The molecule has 0 radical (unpaired) electrons. The molecule has 0 unspecified atom stereocenters. The normalized spacial score (nSPS) is 10.6. The first-order valence-corrected chi connectivity index (χ1v) is 9.37. The Balaban J connectivity index is 1.59. The molecule has 2 aromatic carbocycles. The number of amides is 1. The SMILES string of the molecule is Cc1ccc(-c2nc(NC(=O)CCC(=O)c3ccc(F)cc3)sc2C)cc1. The van der Waals surface area contributed by atoms with Gasteiger partial charge in [0.05, 0.1) is 5.69 Å². The van der Waals surface area contributed by atoms with E-state index in [0.29, 0.717) is 10.7 Å². The quantitative estimate of drug-likeness (QED) is 0.599. The summed E-state index contributed by atoms with van der Waals surface area (Å²) in [5.74, 6) is -0.858. The van der Waals surface area contributed by atoms with Crippen molar-refractivity contribution in [2.45, 2.75) is 26.7 Å². The van der Waals surface area contributed by atoms with Crippen LogP contribution in [0.25, 0.3) is 11.3 Å². The van der Waals surface area contributed by atoms with Crippen LogP contribution in [0.15, 0.2) is 48.5 Å². The van der Waals surface area contributed by atoms with Crippen molar-refractivity contribution in [3.63, 3.8) is 0 Å². The first-order valence-electron chi connectivity index (χ1n) is 8.55. The predicted molar refractivity (Wildman–Crippen MR) is 106 cm³/mol. The molecule has 0 bridgehead atoms. The highest BCUT2D eigenvalue weighted by Crippen LogP contribution is 2.30. The largest absolute Gasteiger partial charge is 0.302 e. The molecule has 1 aromatic heterocycles. The molecular weight excluding hydrogens is 363 g/mol. The number of Topliss-reactive ketones (excluding diaryl/α,β-unsaturated/α-hetero) is 1. The maximum absolute atomic E-state index is 12.9. The molecule has 27 heavy (non-hydrogen) atoms. The highest BCUT2D eigenvalue weighted by atomic mass is 32.1. The van der Waals surface area contributed by atoms with Gasteiger partial charge in [-0.15, -0.1) is 11.3 Å². The summed E-state index contributed by atoms with van der Waals surface area (Å²) in [6.45, 7) is 3.98. The third-order valence-electron chi connectivity index (χ3n) is 4.11. The maximum atomic E-state index is 12.9. The lowest BCUT2D eigenvalue weighted by molar-refractivity contribution is -0.116. The van der Waals surface area contributed by atoms with Gasteiger partial charge in [-0.2, -0.15) is 0 Å². The third kappa shape index (κ3) is 4.86. The Kier molecular flexibility index (Phi) is 5.76. The average molecular weight is 382 g/mol. The highest BCUT2D eigenvalue weighted by Gasteiger charge is 2.14. The molecular formula is C21H19FN2O2S. The number of hydrogen-bond acceptors (Lipinski definition) is 4. The lowest BCUT2D eigenvalue weighted by atomic mass is 10.1. The number of benzene rings is 2. The van der Waals surface area contributed by atoms with Gasteiger partial charge in [-0.1, -0.05) is 29.8 Å². The van der Waals surface area contributed by atoms with E-state index in [4.69, 9.17) is 0 Å². The lowest BCUT2D eigenvalue weighted by Crippen LogP contribution is -2.13. The fourth-order valence-electron chi connectivity index (χ4n) is 2.62. The van der Waals surface area contributed by atoms with Gasteiger partial charge in [-0.05, 0) is 38.1 Å². The molecule has 4 nitrogen and oxygen atoms in total. The number of nitrogens with zero attached hydrogens (tertiary/aromatic N) is 1. The van der Waals surface area contributed by atoms with Gasteiger partial charge in [0, 0.05) is 28.8 Å². The number of carbonyl (C=O) groups is 2. The van der Waals surface area contributed by atoms with Gasteiger partial charge in [0.15, 0.2) is 10.9 Å². The number of hydrogen-bond donors (Lipinski definition) is 1. The Morgan fingerprint density at radius 1 is 1.00 bits per heavy atom. The van der Waals surface area contributed by atoms with Gasteiger partial charge in [-0.25, -0.2) is 9.37 Å². The fourth-order valence-corrected chi connectivity index (χ4v) is 3.47. The molecule has 0 aliphatic carbocycles. The fraction of sp³-hybridized carbons (Fsp3) is 0.190. The van der Waals surface area contributed by atoms with E-state index in [2.05, 4.69) is 10.3 Å². The molecule has 0 saturated heterocycles. The van der Waals surface area contributed by atoms with Crippen molar-refractivity contribution in [1.29, 1.82) is 0 Å². The smallest absolute Gasteiger partial charge is 0.226 e. The standard InChI is InChI=1S/C21H19FN2O2S/c1-13-3-5-16(6-4-13)20-14(2)27-21(24-20)23-19(26)12-11-18(25)15-7-9-17(22)10-8-15/h3-10H,11-12H2,1-2H3,(H,23,24,26). The Labute approximate surface area is 161 Å². The summed E-state index contributed by atoms with van der Waals surface area (Å²) in [4.78, 5) is 29.7. The second-order valence-corrected chi connectivity index (χ2v) is 7.47. The lowest BCUT2D eigenvalue weighted by Gasteiger charge is -2.02. The van der Waals surface area contributed by atoms with E-state index in [1.54, 1.807) is 0 Å². The summed E-state index contributed by atoms with van der Waals surface area (Å²) in [5, 5.41) is 3.27. The molecule has 138 valence electrons. The van der Waals surface area contributed by atoms with Crippen molar-refractivity contribution in [3.8, 4) is 11.3 Å². The molecule has 1 heterocycles. The van der Waals surface area contributed by atoms with E-state index in [0.717, 1.165) is 16.1 Å². The van der Waals surface area contributed by atoms with Crippen LogP contribution in [0, 0.1) is 19.7 Å². The van der Waals surface area contributed by atoms with Crippen LogP contribution < -0.4 is 5.32 Å². The molecule has 0 fully saturated rings. The Morgan fingerprint density at radius 2 is 1.67 bits per heavy atom. The monoisotopic (exact) mass is 382 g/mol. The zero-order chi connectivity index (χ0) is 19.4. The molecule has 1 amide bonds. The third-order valence-corrected chi connectivity index (χ3v) is 5.00. The zero-order valence-electron chi connectivity index (χ0n) is 15.1. The molecule has 0 aliphatic heterocycles. The van der Waals surface area contributed by atoms with E-state index in [-0.39, 0.29) is 24.5 Å².